The molecule has 1 fully saturated rings. The lowest BCUT2D eigenvalue weighted by Gasteiger charge is -2.28. The topological polar surface area (TPSA) is 53.3 Å². The number of benzene rings is 2. The highest BCUT2D eigenvalue weighted by atomic mass is 19.1. The van der Waals surface area contributed by atoms with Gasteiger partial charge in [-0.1, -0.05) is 35.9 Å². The SMILES string of the molecule is Cc1cc(C)c(-n2cccn2)c(CNC[C@@H]2C[C@H](CO)N(C)[C@@H]2c2ccccc2F)c1. The summed E-state index contributed by atoms with van der Waals surface area (Å²) in [7, 11) is 1.98. The van der Waals surface area contributed by atoms with E-state index in [4.69, 9.17) is 0 Å². The summed E-state index contributed by atoms with van der Waals surface area (Å²) in [5.41, 5.74) is 5.40. The van der Waals surface area contributed by atoms with Gasteiger partial charge in [0.15, 0.2) is 0 Å². The van der Waals surface area contributed by atoms with Gasteiger partial charge in [0.25, 0.3) is 0 Å². The van der Waals surface area contributed by atoms with E-state index < -0.39 is 0 Å². The molecule has 2 heterocycles. The van der Waals surface area contributed by atoms with Gasteiger partial charge in [0.2, 0.25) is 0 Å². The zero-order valence-electron chi connectivity index (χ0n) is 18.4. The minimum atomic E-state index is -0.182. The largest absolute Gasteiger partial charge is 0.395 e. The Morgan fingerprint density at radius 1 is 1.19 bits per heavy atom. The number of aliphatic hydroxyl groups excluding tert-OH is 1. The summed E-state index contributed by atoms with van der Waals surface area (Å²) in [6.07, 6.45) is 4.59. The third kappa shape index (κ3) is 4.42. The van der Waals surface area contributed by atoms with E-state index in [1.807, 2.05) is 36.1 Å². The number of hydrogen-bond acceptors (Lipinski definition) is 4. The van der Waals surface area contributed by atoms with Crippen molar-refractivity contribution in [1.82, 2.24) is 20.0 Å². The van der Waals surface area contributed by atoms with E-state index in [0.29, 0.717) is 12.1 Å². The average molecular weight is 423 g/mol. The molecule has 0 bridgehead atoms. The first-order chi connectivity index (χ1) is 15.0. The normalized spacial score (nSPS) is 21.6. The monoisotopic (exact) mass is 422 g/mol. The van der Waals surface area contributed by atoms with E-state index in [0.717, 1.165) is 18.7 Å². The van der Waals surface area contributed by atoms with Crippen LogP contribution < -0.4 is 5.32 Å². The first kappa shape index (κ1) is 21.7. The van der Waals surface area contributed by atoms with Gasteiger partial charge >= 0.3 is 0 Å². The zero-order chi connectivity index (χ0) is 22.0. The van der Waals surface area contributed by atoms with Crippen molar-refractivity contribution < 1.29 is 9.50 Å². The van der Waals surface area contributed by atoms with Crippen LogP contribution in [-0.4, -0.2) is 46.0 Å². The summed E-state index contributed by atoms with van der Waals surface area (Å²) in [6.45, 7) is 5.74. The van der Waals surface area contributed by atoms with Gasteiger partial charge in [0.1, 0.15) is 5.82 Å². The van der Waals surface area contributed by atoms with Crippen molar-refractivity contribution in [3.05, 3.63) is 82.9 Å². The van der Waals surface area contributed by atoms with Gasteiger partial charge in [-0.25, -0.2) is 9.07 Å². The van der Waals surface area contributed by atoms with Crippen molar-refractivity contribution in [1.29, 1.82) is 0 Å². The van der Waals surface area contributed by atoms with Crippen LogP contribution in [0, 0.1) is 25.6 Å². The smallest absolute Gasteiger partial charge is 0.127 e. The van der Waals surface area contributed by atoms with Gasteiger partial charge in [-0.15, -0.1) is 0 Å². The van der Waals surface area contributed by atoms with E-state index >= 15 is 0 Å². The number of nitrogens with zero attached hydrogens (tertiary/aromatic N) is 3. The molecule has 0 amide bonds. The molecule has 0 unspecified atom stereocenters. The fraction of sp³-hybridized carbons (Fsp3) is 0.400. The van der Waals surface area contributed by atoms with Gasteiger partial charge in [-0.2, -0.15) is 5.10 Å². The lowest BCUT2D eigenvalue weighted by atomic mass is 9.92. The van der Waals surface area contributed by atoms with Gasteiger partial charge in [0, 0.05) is 43.1 Å². The number of likely N-dealkylation sites (tertiary alicyclic amines) is 1. The molecule has 2 aromatic carbocycles. The molecule has 1 aliphatic rings. The molecule has 3 aromatic rings. The highest BCUT2D eigenvalue weighted by Crippen LogP contribution is 2.40. The molecule has 0 spiro atoms. The molecular formula is C25H31FN4O. The molecular weight excluding hydrogens is 391 g/mol. The Morgan fingerprint density at radius 2 is 2.00 bits per heavy atom. The maximum atomic E-state index is 14.6. The quantitative estimate of drug-likeness (QED) is 0.609. The van der Waals surface area contributed by atoms with Gasteiger partial charge in [0.05, 0.1) is 12.3 Å². The molecule has 164 valence electrons. The van der Waals surface area contributed by atoms with Crippen LogP contribution in [0.1, 0.15) is 34.7 Å². The molecule has 6 heteroatoms. The van der Waals surface area contributed by atoms with Crippen LogP contribution in [0.3, 0.4) is 0 Å². The van der Waals surface area contributed by atoms with Crippen LogP contribution in [-0.2, 0) is 6.54 Å². The Morgan fingerprint density at radius 3 is 2.71 bits per heavy atom. The molecule has 1 aromatic heterocycles. The summed E-state index contributed by atoms with van der Waals surface area (Å²) in [5, 5.41) is 17.9. The van der Waals surface area contributed by atoms with Crippen molar-refractivity contribution in [2.75, 3.05) is 20.2 Å². The number of halogens is 1. The fourth-order valence-electron chi connectivity index (χ4n) is 5.09. The highest BCUT2D eigenvalue weighted by molar-refractivity contribution is 5.49. The standard InChI is InChI=1S/C25H31FN4O/c1-17-11-18(2)24(30-10-6-9-28-30)19(12-17)14-27-15-20-13-21(16-31)29(3)25(20)22-7-4-5-8-23(22)26/h4-12,20-21,25,27,31H,13-16H2,1-3H3/t20-,21+,25-/m0/s1. The minimum absolute atomic E-state index is 0.0391. The number of likely N-dealkylation sites (N-methyl/N-ethyl adjacent to an activating group) is 1. The summed E-state index contributed by atoms with van der Waals surface area (Å²) < 4.78 is 16.5. The van der Waals surface area contributed by atoms with E-state index in [-0.39, 0.29) is 30.4 Å². The maximum Gasteiger partial charge on any atom is 0.127 e. The van der Waals surface area contributed by atoms with E-state index in [1.54, 1.807) is 12.3 Å². The van der Waals surface area contributed by atoms with Crippen LogP contribution in [0.4, 0.5) is 4.39 Å². The number of rotatable bonds is 7. The highest BCUT2D eigenvalue weighted by Gasteiger charge is 2.40. The third-order valence-electron chi connectivity index (χ3n) is 6.45. The van der Waals surface area contributed by atoms with E-state index in [2.05, 4.69) is 41.3 Å². The second-order valence-corrected chi connectivity index (χ2v) is 8.64. The average Bonchev–Trinajstić information content (AvgIpc) is 3.36. The van der Waals surface area contributed by atoms with Crippen molar-refractivity contribution in [3.63, 3.8) is 0 Å². The van der Waals surface area contributed by atoms with Gasteiger partial charge in [-0.05, 0) is 56.5 Å². The van der Waals surface area contributed by atoms with E-state index in [9.17, 15) is 9.50 Å². The predicted octanol–water partition coefficient (Wildman–Crippen LogP) is 3.77. The van der Waals surface area contributed by atoms with Crippen LogP contribution in [0.2, 0.25) is 0 Å². The molecule has 0 aliphatic carbocycles. The van der Waals surface area contributed by atoms with Crippen molar-refractivity contribution in [3.8, 4) is 5.69 Å². The Balaban J connectivity index is 1.53. The van der Waals surface area contributed by atoms with Crippen LogP contribution >= 0.6 is 0 Å². The lowest BCUT2D eigenvalue weighted by Crippen LogP contribution is -2.32. The van der Waals surface area contributed by atoms with Crippen LogP contribution in [0.5, 0.6) is 0 Å². The van der Waals surface area contributed by atoms with Crippen molar-refractivity contribution in [2.24, 2.45) is 5.92 Å². The van der Waals surface area contributed by atoms with Crippen LogP contribution in [0.15, 0.2) is 54.9 Å². The van der Waals surface area contributed by atoms with Crippen LogP contribution in [0.25, 0.3) is 5.69 Å². The molecule has 0 saturated carbocycles. The zero-order valence-corrected chi connectivity index (χ0v) is 18.4. The van der Waals surface area contributed by atoms with Crippen molar-refractivity contribution >= 4 is 0 Å². The summed E-state index contributed by atoms with van der Waals surface area (Å²) in [4.78, 5) is 2.12. The second kappa shape index (κ2) is 9.30. The number of aromatic nitrogens is 2. The number of nitrogens with one attached hydrogen (secondary N) is 1. The number of aryl methyl sites for hydroxylation is 2. The fourth-order valence-corrected chi connectivity index (χ4v) is 5.09. The Kier molecular flexibility index (Phi) is 6.51. The molecule has 4 rings (SSSR count). The minimum Gasteiger partial charge on any atom is -0.395 e. The lowest BCUT2D eigenvalue weighted by molar-refractivity contribution is 0.151. The Hall–Kier alpha value is -2.54. The molecule has 31 heavy (non-hydrogen) atoms. The number of hydrogen-bond donors (Lipinski definition) is 2. The third-order valence-corrected chi connectivity index (χ3v) is 6.45. The van der Waals surface area contributed by atoms with Gasteiger partial charge in [-0.3, -0.25) is 4.90 Å². The van der Waals surface area contributed by atoms with E-state index in [1.165, 1.54) is 22.8 Å². The summed E-state index contributed by atoms with van der Waals surface area (Å²) in [5.74, 6) is 0.0244. The second-order valence-electron chi connectivity index (χ2n) is 8.64. The molecule has 5 nitrogen and oxygen atoms in total. The Bertz CT molecular complexity index is 1020. The number of aliphatic hydroxyl groups is 1. The molecule has 3 atom stereocenters. The summed E-state index contributed by atoms with van der Waals surface area (Å²) in [6, 6.07) is 13.3. The molecule has 0 radical (unpaired) electrons. The molecule has 1 aliphatic heterocycles. The summed E-state index contributed by atoms with van der Waals surface area (Å²) >= 11 is 0. The first-order valence-corrected chi connectivity index (χ1v) is 10.9. The first-order valence-electron chi connectivity index (χ1n) is 10.9. The van der Waals surface area contributed by atoms with Crippen molar-refractivity contribution in [2.45, 2.75) is 38.9 Å². The predicted molar refractivity (Wildman–Crippen MR) is 121 cm³/mol. The van der Waals surface area contributed by atoms with Gasteiger partial charge < -0.3 is 10.4 Å². The molecule has 2 N–H and O–H groups in total. The Labute approximate surface area is 183 Å². The molecule has 1 saturated heterocycles. The maximum absolute atomic E-state index is 14.6.